The lowest BCUT2D eigenvalue weighted by Crippen LogP contribution is -2.54. The lowest BCUT2D eigenvalue weighted by Gasteiger charge is -2.44. The Morgan fingerprint density at radius 2 is 1.74 bits per heavy atom. The van der Waals surface area contributed by atoms with Crippen LogP contribution in [-0.4, -0.2) is 41.4 Å². The van der Waals surface area contributed by atoms with Gasteiger partial charge in [0.05, 0.1) is 12.0 Å². The number of hydrogen-bond acceptors (Lipinski definition) is 4. The minimum Gasteiger partial charge on any atom is -0.486 e. The molecule has 0 bridgehead atoms. The van der Waals surface area contributed by atoms with Crippen LogP contribution in [0.3, 0.4) is 0 Å². The predicted molar refractivity (Wildman–Crippen MR) is 101 cm³/mol. The number of amides is 1. The van der Waals surface area contributed by atoms with Crippen LogP contribution in [0.5, 0.6) is 11.5 Å². The molecule has 1 spiro atoms. The average molecular weight is 365 g/mol. The topological polar surface area (TPSA) is 55.8 Å². The molecule has 5 heteroatoms. The van der Waals surface area contributed by atoms with Gasteiger partial charge in [-0.1, -0.05) is 30.3 Å². The zero-order valence-corrected chi connectivity index (χ0v) is 15.4. The number of carbonyl (C=O) groups excluding carboxylic acids is 2. The Kier molecular flexibility index (Phi) is 4.60. The van der Waals surface area contributed by atoms with Crippen LogP contribution in [0.1, 0.15) is 36.5 Å². The van der Waals surface area contributed by atoms with Gasteiger partial charge in [0.2, 0.25) is 0 Å². The summed E-state index contributed by atoms with van der Waals surface area (Å²) in [5.74, 6) is 1.44. The molecule has 2 aliphatic rings. The molecular formula is C22H23NO4. The maximum absolute atomic E-state index is 12.7. The molecule has 1 amide bonds. The first kappa shape index (κ1) is 17.6. The highest BCUT2D eigenvalue weighted by atomic mass is 16.5. The molecule has 4 rings (SSSR count). The molecule has 0 unspecified atom stereocenters. The number of para-hydroxylation sites is 2. The number of piperidine rings is 1. The van der Waals surface area contributed by atoms with Crippen molar-refractivity contribution >= 4 is 11.7 Å². The number of nitrogens with zero attached hydrogens (tertiary/aromatic N) is 1. The summed E-state index contributed by atoms with van der Waals surface area (Å²) in [7, 11) is 0. The van der Waals surface area contributed by atoms with Crippen molar-refractivity contribution in [3.8, 4) is 11.5 Å². The van der Waals surface area contributed by atoms with Crippen molar-refractivity contribution in [2.45, 2.75) is 37.9 Å². The van der Waals surface area contributed by atoms with Gasteiger partial charge in [-0.3, -0.25) is 9.59 Å². The maximum Gasteiger partial charge on any atom is 0.263 e. The lowest BCUT2D eigenvalue weighted by molar-refractivity contribution is -0.141. The van der Waals surface area contributed by atoms with Crippen molar-refractivity contribution in [1.29, 1.82) is 0 Å². The summed E-state index contributed by atoms with van der Waals surface area (Å²) in [6.07, 6.45) is 1.13. The Bertz CT molecular complexity index is 840. The molecular weight excluding hydrogens is 342 g/mol. The number of ether oxygens (including phenoxy) is 2. The fourth-order valence-electron chi connectivity index (χ4n) is 3.87. The highest BCUT2D eigenvalue weighted by Gasteiger charge is 2.44. The molecule has 0 N–H and O–H groups in total. The predicted octanol–water partition coefficient (Wildman–Crippen LogP) is 3.48. The molecule has 27 heavy (non-hydrogen) atoms. The van der Waals surface area contributed by atoms with E-state index in [-0.39, 0.29) is 11.7 Å². The second kappa shape index (κ2) is 7.06. The van der Waals surface area contributed by atoms with E-state index in [1.54, 1.807) is 6.92 Å². The molecule has 2 aromatic rings. The number of ketones is 1. The second-order valence-corrected chi connectivity index (χ2v) is 7.28. The van der Waals surface area contributed by atoms with E-state index in [0.717, 1.165) is 0 Å². The van der Waals surface area contributed by atoms with Crippen LogP contribution < -0.4 is 9.47 Å². The number of fused-ring (bicyclic) bond motifs is 1. The van der Waals surface area contributed by atoms with E-state index in [0.29, 0.717) is 49.4 Å². The van der Waals surface area contributed by atoms with E-state index in [4.69, 9.17) is 9.47 Å². The smallest absolute Gasteiger partial charge is 0.263 e. The number of hydrogen-bond donors (Lipinski definition) is 0. The normalized spacial score (nSPS) is 19.1. The third kappa shape index (κ3) is 3.54. The van der Waals surface area contributed by atoms with Crippen LogP contribution in [0.15, 0.2) is 54.6 Å². The van der Waals surface area contributed by atoms with Gasteiger partial charge in [0.15, 0.2) is 11.9 Å². The Hall–Kier alpha value is -2.82. The van der Waals surface area contributed by atoms with Crippen LogP contribution >= 0.6 is 0 Å². The quantitative estimate of drug-likeness (QED) is 0.836. The Morgan fingerprint density at radius 3 is 2.48 bits per heavy atom. The molecule has 1 saturated heterocycles. The van der Waals surface area contributed by atoms with Crippen LogP contribution in [0.25, 0.3) is 0 Å². The van der Waals surface area contributed by atoms with Crippen LogP contribution in [0.4, 0.5) is 0 Å². The van der Waals surface area contributed by atoms with E-state index in [9.17, 15) is 9.59 Å². The van der Waals surface area contributed by atoms with Gasteiger partial charge in [0, 0.05) is 25.9 Å². The SMILES string of the molecule is C[C@@H](Oc1ccccc1)C(=O)N1CCC2(CC1)CC(=O)c1ccccc1O2. The standard InChI is InChI=1S/C22H23NO4/c1-16(26-17-7-3-2-4-8-17)21(25)23-13-11-22(12-14-23)15-19(24)18-9-5-6-10-20(18)27-22/h2-10,16H,11-15H2,1H3/t16-/m1/s1. The fraction of sp³-hybridized carbons (Fsp3) is 0.364. The molecule has 0 radical (unpaired) electrons. The van der Waals surface area contributed by atoms with E-state index in [1.807, 2.05) is 59.5 Å². The number of Topliss-reactive ketones (excluding diaryl/α,β-unsaturated/α-hetero) is 1. The number of rotatable bonds is 3. The lowest BCUT2D eigenvalue weighted by atomic mass is 9.82. The number of benzene rings is 2. The van der Waals surface area contributed by atoms with Crippen LogP contribution in [0.2, 0.25) is 0 Å². The number of likely N-dealkylation sites (tertiary alicyclic amines) is 1. The van der Waals surface area contributed by atoms with Gasteiger partial charge in [-0.25, -0.2) is 0 Å². The van der Waals surface area contributed by atoms with Gasteiger partial charge < -0.3 is 14.4 Å². The number of carbonyl (C=O) groups is 2. The van der Waals surface area contributed by atoms with E-state index in [2.05, 4.69) is 0 Å². The van der Waals surface area contributed by atoms with Gasteiger partial charge in [-0.05, 0) is 31.2 Å². The molecule has 2 aliphatic heterocycles. The first-order valence-corrected chi connectivity index (χ1v) is 9.38. The summed E-state index contributed by atoms with van der Waals surface area (Å²) in [4.78, 5) is 27.0. The molecule has 0 aliphatic carbocycles. The Balaban J connectivity index is 1.39. The van der Waals surface area contributed by atoms with Crippen molar-refractivity contribution in [3.05, 3.63) is 60.2 Å². The van der Waals surface area contributed by atoms with Gasteiger partial charge in [0.1, 0.15) is 17.1 Å². The molecule has 2 heterocycles. The minimum atomic E-state index is -0.545. The molecule has 140 valence electrons. The van der Waals surface area contributed by atoms with Crippen molar-refractivity contribution in [1.82, 2.24) is 4.90 Å². The summed E-state index contributed by atoms with van der Waals surface area (Å²) in [5.41, 5.74) is 0.165. The molecule has 0 aromatic heterocycles. The summed E-state index contributed by atoms with van der Waals surface area (Å²) in [5, 5.41) is 0. The first-order valence-electron chi connectivity index (χ1n) is 9.38. The fourth-order valence-corrected chi connectivity index (χ4v) is 3.87. The monoisotopic (exact) mass is 365 g/mol. The third-order valence-corrected chi connectivity index (χ3v) is 5.39. The van der Waals surface area contributed by atoms with E-state index in [1.165, 1.54) is 0 Å². The van der Waals surface area contributed by atoms with E-state index >= 15 is 0 Å². The van der Waals surface area contributed by atoms with Crippen molar-refractivity contribution in [2.75, 3.05) is 13.1 Å². The van der Waals surface area contributed by atoms with Crippen LogP contribution in [-0.2, 0) is 4.79 Å². The second-order valence-electron chi connectivity index (χ2n) is 7.28. The van der Waals surface area contributed by atoms with Crippen LogP contribution in [0, 0.1) is 0 Å². The molecule has 1 fully saturated rings. The average Bonchev–Trinajstić information content (AvgIpc) is 2.69. The highest BCUT2D eigenvalue weighted by Crippen LogP contribution is 2.39. The van der Waals surface area contributed by atoms with Gasteiger partial charge >= 0.3 is 0 Å². The minimum absolute atomic E-state index is 0.0313. The first-order chi connectivity index (χ1) is 13.1. The van der Waals surface area contributed by atoms with Crippen molar-refractivity contribution in [2.24, 2.45) is 0 Å². The summed E-state index contributed by atoms with van der Waals surface area (Å²) >= 11 is 0. The summed E-state index contributed by atoms with van der Waals surface area (Å²) < 4.78 is 12.0. The zero-order chi connectivity index (χ0) is 18.9. The zero-order valence-electron chi connectivity index (χ0n) is 15.4. The van der Waals surface area contributed by atoms with Crippen molar-refractivity contribution < 1.29 is 19.1 Å². The van der Waals surface area contributed by atoms with Gasteiger partial charge in [-0.15, -0.1) is 0 Å². The molecule has 0 saturated carbocycles. The largest absolute Gasteiger partial charge is 0.486 e. The van der Waals surface area contributed by atoms with Crippen molar-refractivity contribution in [3.63, 3.8) is 0 Å². The maximum atomic E-state index is 12.7. The summed E-state index contributed by atoms with van der Waals surface area (Å²) in [6, 6.07) is 16.8. The van der Waals surface area contributed by atoms with Gasteiger partial charge in [-0.2, -0.15) is 0 Å². The Morgan fingerprint density at radius 1 is 1.07 bits per heavy atom. The summed E-state index contributed by atoms with van der Waals surface area (Å²) in [6.45, 7) is 2.91. The molecule has 1 atom stereocenters. The Labute approximate surface area is 158 Å². The van der Waals surface area contributed by atoms with E-state index < -0.39 is 11.7 Å². The third-order valence-electron chi connectivity index (χ3n) is 5.39. The molecule has 5 nitrogen and oxygen atoms in total. The van der Waals surface area contributed by atoms with Gasteiger partial charge in [0.25, 0.3) is 5.91 Å². The highest BCUT2D eigenvalue weighted by molar-refractivity contribution is 6.00. The molecule has 2 aromatic carbocycles.